The second-order valence-corrected chi connectivity index (χ2v) is 4.62. The Morgan fingerprint density at radius 3 is 3.00 bits per heavy atom. The number of aromatic nitrogens is 1. The van der Waals surface area contributed by atoms with Crippen molar-refractivity contribution in [1.82, 2.24) is 0 Å². The maximum atomic E-state index is 11.2. The number of carbonyl (C=O) groups is 1. The van der Waals surface area contributed by atoms with Crippen LogP contribution in [0.2, 0.25) is 0 Å². The molecule has 21 heavy (non-hydrogen) atoms. The number of aliphatic hydroxyl groups is 2. The lowest BCUT2D eigenvalue weighted by atomic mass is 10.1. The van der Waals surface area contributed by atoms with Crippen LogP contribution in [-0.2, 0) is 9.47 Å². The predicted octanol–water partition coefficient (Wildman–Crippen LogP) is -1.66. The van der Waals surface area contributed by atoms with Crippen LogP contribution in [0.3, 0.4) is 0 Å². The molecule has 0 radical (unpaired) electrons. The summed E-state index contributed by atoms with van der Waals surface area (Å²) in [7, 11) is 0. The molecule has 1 amide bonds. The van der Waals surface area contributed by atoms with Crippen LogP contribution in [0.5, 0.6) is 0 Å². The molecule has 2 heterocycles. The van der Waals surface area contributed by atoms with Crippen LogP contribution in [-0.4, -0.2) is 47.6 Å². The lowest BCUT2D eigenvalue weighted by molar-refractivity contribution is -0.765. The Bertz CT molecular complexity index is 557. The van der Waals surface area contributed by atoms with E-state index in [-0.39, 0.29) is 18.8 Å². The minimum absolute atomic E-state index is 0.000297. The number of hydrogen-bond acceptors (Lipinski definition) is 5. The van der Waals surface area contributed by atoms with Gasteiger partial charge in [0.1, 0.15) is 24.4 Å². The lowest BCUT2D eigenvalue weighted by Gasteiger charge is -2.16. The Hall–Kier alpha value is -1.98. The lowest BCUT2D eigenvalue weighted by Crippen LogP contribution is -2.46. The number of nitrogens with zero attached hydrogens (tertiary/aromatic N) is 1. The summed E-state index contributed by atoms with van der Waals surface area (Å²) in [6, 6.07) is 3.16. The highest BCUT2D eigenvalue weighted by Gasteiger charge is 2.49. The number of nitrogens with two attached hydrogens (primary N) is 1. The molecule has 4 N–H and O–H groups in total. The number of ether oxygens (including phenoxy) is 2. The van der Waals surface area contributed by atoms with Gasteiger partial charge in [0.15, 0.2) is 18.5 Å². The Labute approximate surface area is 121 Å². The topological polar surface area (TPSA) is 106 Å². The van der Waals surface area contributed by atoms with Crippen molar-refractivity contribution >= 4 is 5.91 Å². The molecule has 1 saturated heterocycles. The number of hydrogen-bond donors (Lipinski definition) is 3. The van der Waals surface area contributed by atoms with Gasteiger partial charge in [0.2, 0.25) is 0 Å². The normalized spacial score (nSPS) is 28.2. The highest BCUT2D eigenvalue weighted by Crippen LogP contribution is 2.27. The number of carbonyl (C=O) groups excluding carboxylic acids is 1. The van der Waals surface area contributed by atoms with Crippen LogP contribution in [0.25, 0.3) is 0 Å². The van der Waals surface area contributed by atoms with Gasteiger partial charge in [-0.2, -0.15) is 4.57 Å². The summed E-state index contributed by atoms with van der Waals surface area (Å²) in [6.45, 7) is -0.320. The first kappa shape index (κ1) is 15.4. The van der Waals surface area contributed by atoms with E-state index in [0.717, 1.165) is 0 Å². The summed E-state index contributed by atoms with van der Waals surface area (Å²) in [5.41, 5.74) is 5.50. The van der Waals surface area contributed by atoms with E-state index in [0.29, 0.717) is 0 Å². The van der Waals surface area contributed by atoms with Crippen molar-refractivity contribution in [3.8, 4) is 12.3 Å². The first-order valence-electron chi connectivity index (χ1n) is 6.38. The molecule has 0 saturated carbocycles. The molecule has 2 rings (SSSR count). The van der Waals surface area contributed by atoms with Gasteiger partial charge in [-0.3, -0.25) is 4.79 Å². The largest absolute Gasteiger partial charge is 0.394 e. The zero-order valence-electron chi connectivity index (χ0n) is 11.3. The van der Waals surface area contributed by atoms with Gasteiger partial charge in [0.25, 0.3) is 12.1 Å². The van der Waals surface area contributed by atoms with E-state index in [1.165, 1.54) is 10.8 Å². The highest BCUT2D eigenvalue weighted by atomic mass is 16.6. The molecular formula is C14H17N2O5+. The molecule has 0 aliphatic carbocycles. The summed E-state index contributed by atoms with van der Waals surface area (Å²) >= 11 is 0. The van der Waals surface area contributed by atoms with E-state index in [1.807, 2.05) is 0 Å². The monoisotopic (exact) mass is 293 g/mol. The number of pyridine rings is 1. The van der Waals surface area contributed by atoms with Crippen molar-refractivity contribution in [1.29, 1.82) is 0 Å². The van der Waals surface area contributed by atoms with Crippen molar-refractivity contribution in [2.24, 2.45) is 5.73 Å². The van der Waals surface area contributed by atoms with Gasteiger partial charge in [0, 0.05) is 6.07 Å². The quantitative estimate of drug-likeness (QED) is 0.445. The van der Waals surface area contributed by atoms with E-state index >= 15 is 0 Å². The van der Waals surface area contributed by atoms with Crippen molar-refractivity contribution in [3.63, 3.8) is 0 Å². The van der Waals surface area contributed by atoms with Gasteiger partial charge in [-0.1, -0.05) is 5.92 Å². The van der Waals surface area contributed by atoms with Gasteiger partial charge in [-0.05, 0) is 6.07 Å². The molecule has 1 aliphatic heterocycles. The minimum atomic E-state index is -1.04. The molecule has 7 nitrogen and oxygen atoms in total. The van der Waals surface area contributed by atoms with Crippen LogP contribution in [0.1, 0.15) is 16.6 Å². The Balaban J connectivity index is 2.22. The zero-order valence-corrected chi connectivity index (χ0v) is 11.3. The van der Waals surface area contributed by atoms with Crippen LogP contribution in [0, 0.1) is 12.3 Å². The molecule has 1 fully saturated rings. The van der Waals surface area contributed by atoms with Crippen LogP contribution >= 0.6 is 0 Å². The Morgan fingerprint density at radius 2 is 2.38 bits per heavy atom. The third-order valence-electron chi connectivity index (χ3n) is 3.25. The first-order valence-corrected chi connectivity index (χ1v) is 6.38. The van der Waals surface area contributed by atoms with Crippen molar-refractivity contribution in [3.05, 3.63) is 30.1 Å². The first-order chi connectivity index (χ1) is 10.1. The Morgan fingerprint density at radius 1 is 1.62 bits per heavy atom. The fourth-order valence-corrected chi connectivity index (χ4v) is 2.26. The number of primary amides is 1. The van der Waals surface area contributed by atoms with Gasteiger partial charge in [-0.25, -0.2) is 0 Å². The van der Waals surface area contributed by atoms with E-state index in [4.69, 9.17) is 21.6 Å². The van der Waals surface area contributed by atoms with E-state index < -0.39 is 30.4 Å². The summed E-state index contributed by atoms with van der Waals surface area (Å²) < 4.78 is 12.4. The summed E-state index contributed by atoms with van der Waals surface area (Å²) in [5.74, 6) is 1.71. The molecule has 4 atom stereocenters. The van der Waals surface area contributed by atoms with Crippen LogP contribution in [0.15, 0.2) is 24.5 Å². The third-order valence-corrected chi connectivity index (χ3v) is 3.25. The van der Waals surface area contributed by atoms with Gasteiger partial charge in [0.05, 0.1) is 6.61 Å². The van der Waals surface area contributed by atoms with Crippen LogP contribution in [0.4, 0.5) is 0 Å². The van der Waals surface area contributed by atoms with Gasteiger partial charge in [-0.15, -0.1) is 6.42 Å². The molecule has 7 heteroatoms. The third kappa shape index (κ3) is 3.20. The molecule has 1 aromatic rings. The average molecular weight is 293 g/mol. The minimum Gasteiger partial charge on any atom is -0.394 e. The van der Waals surface area contributed by atoms with Gasteiger partial charge >= 0.3 is 0 Å². The summed E-state index contributed by atoms with van der Waals surface area (Å²) in [5, 5.41) is 19.6. The van der Waals surface area contributed by atoms with E-state index in [9.17, 15) is 15.0 Å². The zero-order chi connectivity index (χ0) is 15.4. The molecule has 1 aliphatic rings. The molecular weight excluding hydrogens is 276 g/mol. The predicted molar refractivity (Wildman–Crippen MR) is 70.7 cm³/mol. The molecule has 0 spiro atoms. The standard InChI is InChI=1S/C14H16N2O5/c1-2-6-20-12-10(8-17)21-14(11(12)18)16-5-3-4-9(7-16)13(15)19/h1,3-5,7,10-12,14,17-18H,6,8H2,(H-,15,19)/p+1/t10-,11-,12-,14-/m1/s1. The van der Waals surface area contributed by atoms with Crippen molar-refractivity contribution in [2.75, 3.05) is 13.2 Å². The van der Waals surface area contributed by atoms with Gasteiger partial charge < -0.3 is 25.4 Å². The molecule has 1 aromatic heterocycles. The SMILES string of the molecule is C#CCO[C@H]1[C@@H](O)[C@H]([n+]2cccc(C(N)=O)c2)O[C@@H]1CO. The fraction of sp³-hybridized carbons (Fsp3) is 0.429. The molecule has 112 valence electrons. The summed E-state index contributed by atoms with van der Waals surface area (Å²) in [4.78, 5) is 11.2. The second kappa shape index (κ2) is 6.65. The molecule has 0 bridgehead atoms. The second-order valence-electron chi connectivity index (χ2n) is 4.62. The van der Waals surface area contributed by atoms with E-state index in [1.54, 1.807) is 18.3 Å². The fourth-order valence-electron chi connectivity index (χ4n) is 2.26. The van der Waals surface area contributed by atoms with E-state index in [2.05, 4.69) is 5.92 Å². The smallest absolute Gasteiger partial charge is 0.292 e. The maximum absolute atomic E-state index is 11.2. The summed E-state index contributed by atoms with van der Waals surface area (Å²) in [6.07, 6.45) is 4.92. The molecule has 0 unspecified atom stereocenters. The highest BCUT2D eigenvalue weighted by molar-refractivity contribution is 5.92. The molecule has 0 aromatic carbocycles. The number of amides is 1. The number of aliphatic hydroxyl groups excluding tert-OH is 2. The number of terminal acetylenes is 1. The Kier molecular flexibility index (Phi) is 4.88. The van der Waals surface area contributed by atoms with Crippen molar-refractivity contribution in [2.45, 2.75) is 24.5 Å². The average Bonchev–Trinajstić information content (AvgIpc) is 2.81. The maximum Gasteiger partial charge on any atom is 0.292 e. The number of rotatable bonds is 5. The van der Waals surface area contributed by atoms with Crippen molar-refractivity contribution < 1.29 is 29.0 Å². The van der Waals surface area contributed by atoms with Crippen LogP contribution < -0.4 is 10.3 Å².